The van der Waals surface area contributed by atoms with Crippen LogP contribution in [0.3, 0.4) is 0 Å². The molecule has 3 rings (SSSR count). The summed E-state index contributed by atoms with van der Waals surface area (Å²) in [5.74, 6) is 2.50. The summed E-state index contributed by atoms with van der Waals surface area (Å²) < 4.78 is 5.44. The molecule has 0 saturated carbocycles. The van der Waals surface area contributed by atoms with Gasteiger partial charge in [0.15, 0.2) is 5.17 Å². The van der Waals surface area contributed by atoms with Crippen LogP contribution in [0.2, 0.25) is 0 Å². The Kier molecular flexibility index (Phi) is 3.87. The molecule has 3 aliphatic heterocycles. The number of hydrogen-bond donors (Lipinski definition) is 1. The van der Waals surface area contributed by atoms with Crippen LogP contribution in [0.25, 0.3) is 0 Å². The molecule has 1 unspecified atom stereocenters. The summed E-state index contributed by atoms with van der Waals surface area (Å²) in [5, 5.41) is 5.61. The molecule has 3 heterocycles. The van der Waals surface area contributed by atoms with Crippen molar-refractivity contribution < 1.29 is 4.74 Å². The fourth-order valence-electron chi connectivity index (χ4n) is 2.60. The zero-order chi connectivity index (χ0) is 11.6. The average molecular weight is 272 g/mol. The van der Waals surface area contributed by atoms with Gasteiger partial charge in [0.05, 0.1) is 12.1 Å². The van der Waals surface area contributed by atoms with E-state index in [9.17, 15) is 0 Å². The first-order valence-corrected chi connectivity index (χ1v) is 8.55. The third kappa shape index (κ3) is 2.93. The minimum Gasteiger partial charge on any atom is -0.381 e. The predicted octanol–water partition coefficient (Wildman–Crippen LogP) is 2.12. The molecule has 3 aliphatic rings. The van der Waals surface area contributed by atoms with Crippen LogP contribution >= 0.6 is 23.5 Å². The van der Waals surface area contributed by atoms with Crippen LogP contribution in [0.5, 0.6) is 0 Å². The maximum absolute atomic E-state index is 5.44. The van der Waals surface area contributed by atoms with Crippen molar-refractivity contribution in [2.75, 3.05) is 31.3 Å². The topological polar surface area (TPSA) is 33.6 Å². The van der Waals surface area contributed by atoms with Gasteiger partial charge in [0.1, 0.15) is 0 Å². The number of hydrogen-bond acceptors (Lipinski definition) is 4. The van der Waals surface area contributed by atoms with E-state index in [4.69, 9.17) is 9.73 Å². The van der Waals surface area contributed by atoms with Crippen LogP contribution in [0.4, 0.5) is 0 Å². The van der Waals surface area contributed by atoms with E-state index in [1.54, 1.807) is 0 Å². The highest BCUT2D eigenvalue weighted by Crippen LogP contribution is 2.32. The monoisotopic (exact) mass is 272 g/mol. The molecule has 0 bridgehead atoms. The van der Waals surface area contributed by atoms with Gasteiger partial charge in [0.25, 0.3) is 0 Å². The Balaban J connectivity index is 1.53. The van der Waals surface area contributed by atoms with Gasteiger partial charge < -0.3 is 10.1 Å². The second-order valence-electron chi connectivity index (χ2n) is 5.09. The van der Waals surface area contributed by atoms with Crippen molar-refractivity contribution in [3.63, 3.8) is 0 Å². The summed E-state index contributed by atoms with van der Waals surface area (Å²) in [5.41, 5.74) is 0.296. The van der Waals surface area contributed by atoms with Crippen molar-refractivity contribution in [3.05, 3.63) is 0 Å². The molecule has 1 spiro atoms. The molecule has 3 nitrogen and oxygen atoms in total. The van der Waals surface area contributed by atoms with Crippen LogP contribution in [-0.2, 0) is 4.74 Å². The zero-order valence-electron chi connectivity index (χ0n) is 10.1. The molecule has 3 fully saturated rings. The molecular formula is C12H20N2OS2. The Morgan fingerprint density at radius 2 is 2.29 bits per heavy atom. The van der Waals surface area contributed by atoms with Crippen molar-refractivity contribution in [1.29, 1.82) is 0 Å². The van der Waals surface area contributed by atoms with Crippen molar-refractivity contribution >= 4 is 28.7 Å². The van der Waals surface area contributed by atoms with E-state index in [0.717, 1.165) is 37.9 Å². The Bertz CT molecular complexity index is 297. The molecule has 0 aromatic carbocycles. The molecule has 0 aromatic heterocycles. The molecule has 0 aromatic rings. The van der Waals surface area contributed by atoms with E-state index in [0.29, 0.717) is 5.54 Å². The smallest absolute Gasteiger partial charge is 0.157 e. The molecular weight excluding hydrogens is 252 g/mol. The largest absolute Gasteiger partial charge is 0.381 e. The maximum atomic E-state index is 5.44. The second-order valence-corrected chi connectivity index (χ2v) is 7.46. The normalized spacial score (nSPS) is 34.4. The molecule has 1 N–H and O–H groups in total. The molecule has 1 atom stereocenters. The Morgan fingerprint density at radius 1 is 1.41 bits per heavy atom. The van der Waals surface area contributed by atoms with Gasteiger partial charge in [0.2, 0.25) is 0 Å². The summed E-state index contributed by atoms with van der Waals surface area (Å²) in [6.07, 6.45) is 5.00. The number of thioether (sulfide) groups is 2. The summed E-state index contributed by atoms with van der Waals surface area (Å²) in [4.78, 5) is 4.76. The lowest BCUT2D eigenvalue weighted by atomic mass is 9.93. The highest BCUT2D eigenvalue weighted by atomic mass is 32.2. The van der Waals surface area contributed by atoms with Crippen molar-refractivity contribution in [2.24, 2.45) is 4.99 Å². The first-order chi connectivity index (χ1) is 8.36. The summed E-state index contributed by atoms with van der Waals surface area (Å²) in [6, 6.07) is 0. The van der Waals surface area contributed by atoms with Crippen molar-refractivity contribution in [3.8, 4) is 0 Å². The fourth-order valence-corrected chi connectivity index (χ4v) is 5.00. The van der Waals surface area contributed by atoms with Crippen LogP contribution in [0, 0.1) is 0 Å². The standard InChI is InChI=1S/C12H20N2OS2/c1-2-10(16-7-1)8-13-11-14-12(9-17-11)3-5-15-6-4-12/h10H,1-9H2,(H,13,14). The highest BCUT2D eigenvalue weighted by Gasteiger charge is 2.38. The van der Waals surface area contributed by atoms with E-state index in [1.165, 1.54) is 29.5 Å². The second kappa shape index (κ2) is 5.41. The van der Waals surface area contributed by atoms with E-state index in [1.807, 2.05) is 11.8 Å². The maximum Gasteiger partial charge on any atom is 0.157 e. The van der Waals surface area contributed by atoms with Crippen LogP contribution in [0.15, 0.2) is 4.99 Å². The number of amidine groups is 1. The third-order valence-electron chi connectivity index (χ3n) is 3.77. The molecule has 3 saturated heterocycles. The van der Waals surface area contributed by atoms with Crippen molar-refractivity contribution in [1.82, 2.24) is 5.32 Å². The number of nitrogens with one attached hydrogen (secondary N) is 1. The molecule has 0 aliphatic carbocycles. The minimum atomic E-state index is 0.296. The van der Waals surface area contributed by atoms with Crippen molar-refractivity contribution in [2.45, 2.75) is 36.5 Å². The van der Waals surface area contributed by atoms with E-state index < -0.39 is 0 Å². The summed E-state index contributed by atoms with van der Waals surface area (Å²) in [7, 11) is 0. The first-order valence-electron chi connectivity index (χ1n) is 6.51. The molecule has 5 heteroatoms. The quantitative estimate of drug-likeness (QED) is 0.835. The van der Waals surface area contributed by atoms with Gasteiger partial charge in [0, 0.05) is 24.2 Å². The van der Waals surface area contributed by atoms with Gasteiger partial charge in [-0.25, -0.2) is 0 Å². The molecule has 17 heavy (non-hydrogen) atoms. The van der Waals surface area contributed by atoms with E-state index >= 15 is 0 Å². The summed E-state index contributed by atoms with van der Waals surface area (Å²) in [6.45, 7) is 2.81. The van der Waals surface area contributed by atoms with E-state index in [-0.39, 0.29) is 0 Å². The van der Waals surface area contributed by atoms with Gasteiger partial charge in [-0.3, -0.25) is 4.99 Å². The number of nitrogens with zero attached hydrogens (tertiary/aromatic N) is 1. The minimum absolute atomic E-state index is 0.296. The first kappa shape index (κ1) is 12.2. The fraction of sp³-hybridized carbons (Fsp3) is 0.917. The van der Waals surface area contributed by atoms with E-state index in [2.05, 4.69) is 17.1 Å². The average Bonchev–Trinajstić information content (AvgIpc) is 2.98. The molecule has 96 valence electrons. The number of aliphatic imine (C=N–C) groups is 1. The van der Waals surface area contributed by atoms with Gasteiger partial charge in [-0.15, -0.1) is 0 Å². The highest BCUT2D eigenvalue weighted by molar-refractivity contribution is 8.14. The summed E-state index contributed by atoms with van der Waals surface area (Å²) >= 11 is 3.99. The van der Waals surface area contributed by atoms with Gasteiger partial charge in [-0.1, -0.05) is 11.8 Å². The van der Waals surface area contributed by atoms with Gasteiger partial charge in [-0.2, -0.15) is 11.8 Å². The third-order valence-corrected chi connectivity index (χ3v) is 6.35. The lowest BCUT2D eigenvalue weighted by molar-refractivity contribution is 0.0555. The predicted molar refractivity (Wildman–Crippen MR) is 76.2 cm³/mol. The SMILES string of the molecule is C1CSC(CN=C2NC3(CCOCC3)CS2)C1. The molecule has 0 amide bonds. The Labute approximate surface area is 112 Å². The zero-order valence-corrected chi connectivity index (χ0v) is 11.7. The van der Waals surface area contributed by atoms with Gasteiger partial charge >= 0.3 is 0 Å². The molecule has 0 radical (unpaired) electrons. The van der Waals surface area contributed by atoms with Crippen LogP contribution in [-0.4, -0.2) is 47.2 Å². The number of rotatable bonds is 2. The Morgan fingerprint density at radius 3 is 3.06 bits per heavy atom. The lowest BCUT2D eigenvalue weighted by Gasteiger charge is -2.32. The van der Waals surface area contributed by atoms with Gasteiger partial charge in [-0.05, 0) is 31.4 Å². The number of ether oxygens (including phenoxy) is 1. The Hall–Kier alpha value is 0.130. The lowest BCUT2D eigenvalue weighted by Crippen LogP contribution is -2.48. The van der Waals surface area contributed by atoms with Crippen LogP contribution in [0.1, 0.15) is 25.7 Å². The van der Waals surface area contributed by atoms with Crippen LogP contribution < -0.4 is 5.32 Å².